The van der Waals surface area contributed by atoms with Gasteiger partial charge in [0.1, 0.15) is 0 Å². The van der Waals surface area contributed by atoms with E-state index >= 15 is 0 Å². The van der Waals surface area contributed by atoms with Gasteiger partial charge in [-0.25, -0.2) is 8.42 Å². The molecule has 72 valence electrons. The van der Waals surface area contributed by atoms with Gasteiger partial charge in [-0.1, -0.05) is 5.16 Å². The Morgan fingerprint density at radius 2 is 2.23 bits per heavy atom. The Kier molecular flexibility index (Phi) is 1.85. The number of nitrogens with zero attached hydrogens (tertiary/aromatic N) is 2. The van der Waals surface area contributed by atoms with Gasteiger partial charge >= 0.3 is 0 Å². The molecule has 0 saturated carbocycles. The summed E-state index contributed by atoms with van der Waals surface area (Å²) in [6, 6.07) is 0. The summed E-state index contributed by atoms with van der Waals surface area (Å²) in [4.78, 5) is 3.95. The van der Waals surface area contributed by atoms with E-state index in [0.29, 0.717) is 11.7 Å². The van der Waals surface area contributed by atoms with Crippen molar-refractivity contribution in [1.82, 2.24) is 10.1 Å². The zero-order valence-corrected chi connectivity index (χ0v) is 7.62. The van der Waals surface area contributed by atoms with Gasteiger partial charge in [-0.2, -0.15) is 4.98 Å². The van der Waals surface area contributed by atoms with E-state index in [4.69, 9.17) is 10.3 Å². The van der Waals surface area contributed by atoms with Crippen molar-refractivity contribution in [1.29, 1.82) is 0 Å². The summed E-state index contributed by atoms with van der Waals surface area (Å²) < 4.78 is 26.4. The van der Waals surface area contributed by atoms with Crippen LogP contribution >= 0.6 is 0 Å². The molecule has 2 heterocycles. The Labute approximate surface area is 75.0 Å². The molecule has 1 fully saturated rings. The second-order valence-corrected chi connectivity index (χ2v) is 5.18. The number of rotatable bonds is 2. The molecular weight excluding hydrogens is 194 g/mol. The number of sulfone groups is 1. The first-order valence-corrected chi connectivity index (χ1v) is 5.66. The molecule has 1 aliphatic heterocycles. The maximum Gasteiger partial charge on any atom is 0.240 e. The van der Waals surface area contributed by atoms with Crippen LogP contribution in [0.3, 0.4) is 0 Å². The van der Waals surface area contributed by atoms with Gasteiger partial charge in [-0.3, -0.25) is 0 Å². The average molecular weight is 203 g/mol. The maximum absolute atomic E-state index is 10.8. The van der Waals surface area contributed by atoms with Crippen molar-refractivity contribution in [2.45, 2.75) is 12.5 Å². The van der Waals surface area contributed by atoms with Crippen molar-refractivity contribution in [3.05, 3.63) is 11.7 Å². The lowest BCUT2D eigenvalue weighted by atomic mass is 10.2. The Balaban J connectivity index is 2.11. The second-order valence-electron chi connectivity index (χ2n) is 3.02. The number of nitrogens with two attached hydrogens (primary N) is 1. The fourth-order valence-electron chi connectivity index (χ4n) is 1.23. The predicted octanol–water partition coefficient (Wildman–Crippen LogP) is -0.960. The molecule has 1 aromatic heterocycles. The smallest absolute Gasteiger partial charge is 0.240 e. The Hall–Kier alpha value is -0.950. The van der Waals surface area contributed by atoms with Crippen LogP contribution < -0.4 is 5.73 Å². The summed E-state index contributed by atoms with van der Waals surface area (Å²) in [5, 5.41) is 3.64. The van der Waals surface area contributed by atoms with Crippen molar-refractivity contribution < 1.29 is 12.9 Å². The average Bonchev–Trinajstić information content (AvgIpc) is 2.47. The highest BCUT2D eigenvalue weighted by molar-refractivity contribution is 7.92. The van der Waals surface area contributed by atoms with Crippen LogP contribution in [0, 0.1) is 0 Å². The van der Waals surface area contributed by atoms with E-state index in [1.165, 1.54) is 0 Å². The van der Waals surface area contributed by atoms with Crippen LogP contribution in [0.1, 0.15) is 17.6 Å². The van der Waals surface area contributed by atoms with Crippen molar-refractivity contribution in [3.8, 4) is 0 Å². The minimum Gasteiger partial charge on any atom is -0.338 e. The Morgan fingerprint density at radius 1 is 1.54 bits per heavy atom. The number of aromatic nitrogens is 2. The van der Waals surface area contributed by atoms with Gasteiger partial charge < -0.3 is 10.3 Å². The van der Waals surface area contributed by atoms with Crippen molar-refractivity contribution in [2.24, 2.45) is 5.73 Å². The highest BCUT2D eigenvalue weighted by Crippen LogP contribution is 2.26. The number of hydrogen-bond acceptors (Lipinski definition) is 6. The van der Waals surface area contributed by atoms with Crippen molar-refractivity contribution in [3.63, 3.8) is 0 Å². The standard InChI is InChI=1S/C6H9N3O3S/c7-1-5-8-6(9-12-5)4-2-13(10,11)3-4/h4H,1-3,7H2. The molecule has 0 aromatic carbocycles. The molecule has 13 heavy (non-hydrogen) atoms. The molecule has 1 saturated heterocycles. The van der Waals surface area contributed by atoms with E-state index in [1.54, 1.807) is 0 Å². The van der Waals surface area contributed by atoms with E-state index < -0.39 is 9.84 Å². The third-order valence-corrected chi connectivity index (χ3v) is 3.75. The molecule has 0 atom stereocenters. The van der Waals surface area contributed by atoms with Gasteiger partial charge in [-0.15, -0.1) is 0 Å². The molecule has 2 rings (SSSR count). The van der Waals surface area contributed by atoms with Gasteiger partial charge in [0.25, 0.3) is 0 Å². The molecule has 0 radical (unpaired) electrons. The molecule has 6 nitrogen and oxygen atoms in total. The van der Waals surface area contributed by atoms with Crippen LogP contribution in [0.15, 0.2) is 4.52 Å². The highest BCUT2D eigenvalue weighted by Gasteiger charge is 2.37. The summed E-state index contributed by atoms with van der Waals surface area (Å²) >= 11 is 0. The SMILES string of the molecule is NCc1nc(C2CS(=O)(=O)C2)no1. The first kappa shape index (κ1) is 8.64. The zero-order valence-electron chi connectivity index (χ0n) is 6.80. The summed E-state index contributed by atoms with van der Waals surface area (Å²) in [5.41, 5.74) is 5.26. The second kappa shape index (κ2) is 2.78. The molecule has 0 spiro atoms. The predicted molar refractivity (Wildman–Crippen MR) is 43.6 cm³/mol. The summed E-state index contributed by atoms with van der Waals surface area (Å²) in [6.45, 7) is 0.187. The first-order valence-electron chi connectivity index (χ1n) is 3.84. The lowest BCUT2D eigenvalue weighted by Gasteiger charge is -2.21. The van der Waals surface area contributed by atoms with E-state index in [2.05, 4.69) is 10.1 Å². The molecule has 0 amide bonds. The van der Waals surface area contributed by atoms with Crippen molar-refractivity contribution >= 4 is 9.84 Å². The third-order valence-electron chi connectivity index (χ3n) is 1.93. The quantitative estimate of drug-likeness (QED) is 0.664. The Bertz CT molecular complexity index is 399. The monoisotopic (exact) mass is 203 g/mol. The lowest BCUT2D eigenvalue weighted by Crippen LogP contribution is -2.34. The molecule has 0 bridgehead atoms. The molecule has 2 N–H and O–H groups in total. The molecule has 0 unspecified atom stereocenters. The number of hydrogen-bond donors (Lipinski definition) is 1. The molecule has 7 heteroatoms. The highest BCUT2D eigenvalue weighted by atomic mass is 32.2. The van der Waals surface area contributed by atoms with E-state index in [9.17, 15) is 8.42 Å². The van der Waals surface area contributed by atoms with E-state index in [0.717, 1.165) is 0 Å². The molecule has 0 aliphatic carbocycles. The molecular formula is C6H9N3O3S. The summed E-state index contributed by atoms with van der Waals surface area (Å²) in [5.74, 6) is 0.941. The topological polar surface area (TPSA) is 99.1 Å². The lowest BCUT2D eigenvalue weighted by molar-refractivity contribution is 0.372. The summed E-state index contributed by atoms with van der Waals surface area (Å²) in [7, 11) is -2.83. The van der Waals surface area contributed by atoms with Crippen LogP contribution in [-0.2, 0) is 16.4 Å². The third kappa shape index (κ3) is 1.56. The van der Waals surface area contributed by atoms with Crippen LogP contribution in [0.5, 0.6) is 0 Å². The van der Waals surface area contributed by atoms with E-state index in [-0.39, 0.29) is 24.0 Å². The molecule has 1 aliphatic rings. The minimum atomic E-state index is -2.83. The first-order chi connectivity index (χ1) is 6.11. The van der Waals surface area contributed by atoms with Gasteiger partial charge in [0, 0.05) is 0 Å². The van der Waals surface area contributed by atoms with Crippen LogP contribution in [0.2, 0.25) is 0 Å². The van der Waals surface area contributed by atoms with Gasteiger partial charge in [0.2, 0.25) is 5.89 Å². The summed E-state index contributed by atoms with van der Waals surface area (Å²) in [6.07, 6.45) is 0. The van der Waals surface area contributed by atoms with Gasteiger partial charge in [0.15, 0.2) is 15.7 Å². The fraction of sp³-hybridized carbons (Fsp3) is 0.667. The normalized spacial score (nSPS) is 21.3. The van der Waals surface area contributed by atoms with Crippen LogP contribution in [0.25, 0.3) is 0 Å². The molecule has 1 aromatic rings. The zero-order chi connectivity index (χ0) is 9.47. The fourth-order valence-corrected chi connectivity index (χ4v) is 2.66. The van der Waals surface area contributed by atoms with Gasteiger partial charge in [0.05, 0.1) is 24.0 Å². The van der Waals surface area contributed by atoms with Crippen molar-refractivity contribution in [2.75, 3.05) is 11.5 Å². The van der Waals surface area contributed by atoms with Gasteiger partial charge in [-0.05, 0) is 0 Å². The minimum absolute atomic E-state index is 0.103. The maximum atomic E-state index is 10.8. The largest absolute Gasteiger partial charge is 0.338 e. The van der Waals surface area contributed by atoms with Crippen LogP contribution in [0.4, 0.5) is 0 Å². The van der Waals surface area contributed by atoms with E-state index in [1.807, 2.05) is 0 Å². The Morgan fingerprint density at radius 3 is 2.69 bits per heavy atom. The van der Waals surface area contributed by atoms with Crippen LogP contribution in [-0.4, -0.2) is 30.1 Å².